The van der Waals surface area contributed by atoms with E-state index in [1.807, 2.05) is 5.43 Å². The minimum absolute atomic E-state index is 0.0741. The molecule has 0 aliphatic heterocycles. The van der Waals surface area contributed by atoms with Crippen LogP contribution in [-0.2, 0) is 0 Å². The maximum Gasteiger partial charge on any atom is 0.206 e. The summed E-state index contributed by atoms with van der Waals surface area (Å²) in [6.07, 6.45) is 0. The number of hydrogen-bond acceptors (Lipinski definition) is 4. The first-order valence-electron chi connectivity index (χ1n) is 1.83. The zero-order chi connectivity index (χ0) is 6.57. The molecule has 5 N–H and O–H groups in total. The van der Waals surface area contributed by atoms with Gasteiger partial charge in [-0.2, -0.15) is 0 Å². The second-order valence-electron chi connectivity index (χ2n) is 1.01. The van der Waals surface area contributed by atoms with E-state index in [1.165, 1.54) is 7.05 Å². The van der Waals surface area contributed by atoms with Crippen LogP contribution in [0.5, 0.6) is 0 Å². The summed E-state index contributed by atoms with van der Waals surface area (Å²) in [4.78, 5) is 3.35. The molecular weight excluding hydrogens is 112 g/mol. The number of guanidine groups is 1. The van der Waals surface area contributed by atoms with E-state index < -0.39 is 0 Å². The van der Waals surface area contributed by atoms with Gasteiger partial charge in [-0.05, 0) is 0 Å². The highest BCUT2D eigenvalue weighted by molar-refractivity contribution is 5.76. The lowest BCUT2D eigenvalue weighted by Gasteiger charge is -2.05. The standard InChI is InChI=1S/C2H8N4O2/c1-4-2(3)5-6(7)8/h7-8H,1H3,(H3,3,4,5). The van der Waals surface area contributed by atoms with Crippen LogP contribution in [-0.4, -0.2) is 28.8 Å². The second kappa shape index (κ2) is 3.19. The van der Waals surface area contributed by atoms with E-state index in [4.69, 9.17) is 16.1 Å². The maximum atomic E-state index is 7.97. The number of hydrogen-bond donors (Lipinski definition) is 4. The molecule has 0 aromatic heterocycles. The smallest absolute Gasteiger partial charge is 0.206 e. The molecule has 0 rings (SSSR count). The normalized spacial score (nSPS) is 12.2. The van der Waals surface area contributed by atoms with Gasteiger partial charge in [-0.15, -0.1) is 0 Å². The summed E-state index contributed by atoms with van der Waals surface area (Å²) in [5, 5.41) is 15.7. The highest BCUT2D eigenvalue weighted by Gasteiger charge is 1.90. The van der Waals surface area contributed by atoms with Crippen molar-refractivity contribution < 1.29 is 10.4 Å². The van der Waals surface area contributed by atoms with Crippen molar-refractivity contribution in [2.45, 2.75) is 0 Å². The number of hydrazine groups is 1. The Morgan fingerprint density at radius 3 is 2.38 bits per heavy atom. The summed E-state index contributed by atoms with van der Waals surface area (Å²) < 4.78 is 0. The van der Waals surface area contributed by atoms with Gasteiger partial charge in [0.1, 0.15) is 0 Å². The van der Waals surface area contributed by atoms with Crippen LogP contribution in [0.25, 0.3) is 0 Å². The summed E-state index contributed by atoms with van der Waals surface area (Å²) in [6.45, 7) is 0. The SMILES string of the molecule is CN=C(N)NN(O)O. The molecule has 6 nitrogen and oxygen atoms in total. The third-order valence-corrected chi connectivity index (χ3v) is 0.455. The van der Waals surface area contributed by atoms with Crippen LogP contribution >= 0.6 is 0 Å². The van der Waals surface area contributed by atoms with E-state index in [-0.39, 0.29) is 11.3 Å². The van der Waals surface area contributed by atoms with Crippen LogP contribution in [0.3, 0.4) is 0 Å². The zero-order valence-corrected chi connectivity index (χ0v) is 4.37. The predicted molar refractivity (Wildman–Crippen MR) is 26.1 cm³/mol. The van der Waals surface area contributed by atoms with E-state index in [1.54, 1.807) is 0 Å². The highest BCUT2D eigenvalue weighted by atomic mass is 16.8. The molecule has 0 aromatic rings. The fraction of sp³-hybridized carbons (Fsp3) is 0.500. The largest absolute Gasteiger partial charge is 0.369 e. The van der Waals surface area contributed by atoms with E-state index in [2.05, 4.69) is 4.99 Å². The molecule has 0 fully saturated rings. The van der Waals surface area contributed by atoms with Crippen molar-refractivity contribution in [1.82, 2.24) is 10.8 Å². The fourth-order valence-electron chi connectivity index (χ4n) is 0.152. The molecule has 48 valence electrons. The van der Waals surface area contributed by atoms with Gasteiger partial charge in [0.15, 0.2) is 0 Å². The average molecular weight is 120 g/mol. The van der Waals surface area contributed by atoms with E-state index in [0.717, 1.165) is 0 Å². The summed E-state index contributed by atoms with van der Waals surface area (Å²) >= 11 is 0. The molecule has 0 saturated heterocycles. The Morgan fingerprint density at radius 1 is 1.75 bits per heavy atom. The molecule has 0 amide bonds. The van der Waals surface area contributed by atoms with Crippen molar-refractivity contribution in [2.24, 2.45) is 10.7 Å². The van der Waals surface area contributed by atoms with Gasteiger partial charge in [0.25, 0.3) is 0 Å². The number of rotatable bonds is 1. The van der Waals surface area contributed by atoms with Gasteiger partial charge in [-0.1, -0.05) is 0 Å². The first kappa shape index (κ1) is 7.15. The molecule has 0 radical (unpaired) electrons. The molecule has 8 heavy (non-hydrogen) atoms. The lowest BCUT2D eigenvalue weighted by Crippen LogP contribution is -2.41. The molecule has 0 atom stereocenters. The Hall–Kier alpha value is -0.850. The molecular formula is C2H8N4O2. The molecule has 0 unspecified atom stereocenters. The maximum absolute atomic E-state index is 7.97. The number of nitrogens with two attached hydrogens (primary N) is 1. The topological polar surface area (TPSA) is 94.1 Å². The van der Waals surface area contributed by atoms with Crippen LogP contribution < -0.4 is 11.2 Å². The van der Waals surface area contributed by atoms with E-state index in [0.29, 0.717) is 0 Å². The average Bonchev–Trinajstić information content (AvgIpc) is 1.65. The van der Waals surface area contributed by atoms with E-state index >= 15 is 0 Å². The Bertz CT molecular complexity index is 90.0. The second-order valence-corrected chi connectivity index (χ2v) is 1.01. The van der Waals surface area contributed by atoms with Crippen molar-refractivity contribution in [2.75, 3.05) is 7.05 Å². The Balaban J connectivity index is 3.39. The first-order valence-corrected chi connectivity index (χ1v) is 1.83. The van der Waals surface area contributed by atoms with Gasteiger partial charge >= 0.3 is 0 Å². The highest BCUT2D eigenvalue weighted by Crippen LogP contribution is 1.59. The minimum Gasteiger partial charge on any atom is -0.369 e. The van der Waals surface area contributed by atoms with Crippen LogP contribution in [0.1, 0.15) is 0 Å². The van der Waals surface area contributed by atoms with Crippen molar-refractivity contribution in [3.63, 3.8) is 0 Å². The quantitative estimate of drug-likeness (QED) is 0.192. The molecule has 0 aliphatic carbocycles. The summed E-state index contributed by atoms with van der Waals surface area (Å²) in [7, 11) is 1.41. The van der Waals surface area contributed by atoms with Gasteiger partial charge in [0, 0.05) is 12.4 Å². The van der Waals surface area contributed by atoms with Crippen LogP contribution in [0.4, 0.5) is 0 Å². The minimum atomic E-state index is -0.275. The van der Waals surface area contributed by atoms with Gasteiger partial charge < -0.3 is 5.73 Å². The lowest BCUT2D eigenvalue weighted by molar-refractivity contribution is -0.329. The summed E-state index contributed by atoms with van der Waals surface area (Å²) in [6, 6.07) is 0. The number of nitrogens with one attached hydrogen (secondary N) is 1. The fourth-order valence-corrected chi connectivity index (χ4v) is 0.152. The molecule has 0 aromatic carbocycles. The molecule has 6 heteroatoms. The zero-order valence-electron chi connectivity index (χ0n) is 4.37. The van der Waals surface area contributed by atoms with Crippen molar-refractivity contribution in [3.8, 4) is 0 Å². The predicted octanol–water partition coefficient (Wildman–Crippen LogP) is -1.48. The van der Waals surface area contributed by atoms with Gasteiger partial charge in [-0.3, -0.25) is 15.4 Å². The Kier molecular flexibility index (Phi) is 2.85. The van der Waals surface area contributed by atoms with Gasteiger partial charge in [0.05, 0.1) is 0 Å². The molecule has 0 heterocycles. The van der Waals surface area contributed by atoms with Crippen LogP contribution in [0.15, 0.2) is 4.99 Å². The van der Waals surface area contributed by atoms with Gasteiger partial charge in [-0.25, -0.2) is 5.43 Å². The van der Waals surface area contributed by atoms with Crippen molar-refractivity contribution >= 4 is 5.96 Å². The molecule has 0 bridgehead atoms. The van der Waals surface area contributed by atoms with Crippen LogP contribution in [0, 0.1) is 0 Å². The Morgan fingerprint density at radius 2 is 2.25 bits per heavy atom. The third kappa shape index (κ3) is 3.34. The number of nitrogens with zero attached hydrogens (tertiary/aromatic N) is 2. The molecule has 0 aliphatic rings. The van der Waals surface area contributed by atoms with Gasteiger partial charge in [0.2, 0.25) is 5.96 Å². The van der Waals surface area contributed by atoms with Crippen molar-refractivity contribution in [1.29, 1.82) is 0 Å². The molecule has 0 saturated carbocycles. The Labute approximate surface area is 46.1 Å². The van der Waals surface area contributed by atoms with Crippen LogP contribution in [0.2, 0.25) is 0 Å². The lowest BCUT2D eigenvalue weighted by atomic mass is 11.0. The molecule has 0 spiro atoms. The third-order valence-electron chi connectivity index (χ3n) is 0.455. The van der Waals surface area contributed by atoms with Crippen molar-refractivity contribution in [3.05, 3.63) is 0 Å². The number of aliphatic imine (C=N–C) groups is 1. The monoisotopic (exact) mass is 120 g/mol. The summed E-state index contributed by atoms with van der Waals surface area (Å²) in [5.41, 5.74) is 6.82. The first-order chi connectivity index (χ1) is 3.66. The summed E-state index contributed by atoms with van der Waals surface area (Å²) in [5.74, 6) is -0.0741. The van der Waals surface area contributed by atoms with E-state index in [9.17, 15) is 0 Å².